The average molecular weight is 578 g/mol. The van der Waals surface area contributed by atoms with Gasteiger partial charge in [-0.1, -0.05) is 82.7 Å². The van der Waals surface area contributed by atoms with E-state index >= 15 is 0 Å². The molecular weight excluding hydrogens is 559 g/mol. The van der Waals surface area contributed by atoms with Crippen LogP contribution >= 0.6 is 15.9 Å². The summed E-state index contributed by atoms with van der Waals surface area (Å²) in [5.74, 6) is -1.24. The maximum absolute atomic E-state index is 14.2. The maximum Gasteiger partial charge on any atom is 0.432 e. The second-order valence-corrected chi connectivity index (χ2v) is 10.7. The molecule has 0 radical (unpaired) electrons. The Morgan fingerprint density at radius 2 is 1.47 bits per heavy atom. The fourth-order valence-corrected chi connectivity index (χ4v) is 6.55. The van der Waals surface area contributed by atoms with Gasteiger partial charge in [-0.05, 0) is 29.3 Å². The zero-order valence-corrected chi connectivity index (χ0v) is 21.1. The van der Waals surface area contributed by atoms with E-state index in [1.165, 1.54) is 42.5 Å². The predicted octanol–water partition coefficient (Wildman–Crippen LogP) is 6.81. The molecular formula is C26H19BrF3NO4S. The third kappa shape index (κ3) is 4.70. The first-order valence-corrected chi connectivity index (χ1v) is 12.9. The summed E-state index contributed by atoms with van der Waals surface area (Å²) in [6.45, 7) is 0. The van der Waals surface area contributed by atoms with E-state index in [9.17, 15) is 26.4 Å². The lowest BCUT2D eigenvalue weighted by Crippen LogP contribution is -2.17. The van der Waals surface area contributed by atoms with E-state index in [0.717, 1.165) is 7.11 Å². The molecule has 1 aromatic heterocycles. The summed E-state index contributed by atoms with van der Waals surface area (Å²) in [6.07, 6.45) is -5.00. The van der Waals surface area contributed by atoms with Gasteiger partial charge in [-0.25, -0.2) is 13.2 Å². The summed E-state index contributed by atoms with van der Waals surface area (Å²) in [7, 11) is -3.35. The number of methoxy groups -OCH3 is 1. The molecule has 0 amide bonds. The molecule has 0 fully saturated rings. The van der Waals surface area contributed by atoms with Crippen LogP contribution in [-0.4, -0.2) is 26.5 Å². The molecule has 4 aromatic rings. The first-order valence-electron chi connectivity index (χ1n) is 10.6. The fraction of sp³-hybridized carbons (Fsp3) is 0.115. The van der Waals surface area contributed by atoms with Crippen molar-refractivity contribution in [1.82, 2.24) is 4.98 Å². The van der Waals surface area contributed by atoms with Crippen molar-refractivity contribution in [3.8, 4) is 11.1 Å². The summed E-state index contributed by atoms with van der Waals surface area (Å²) in [5.41, 5.74) is -2.25. The van der Waals surface area contributed by atoms with Gasteiger partial charge in [-0.15, -0.1) is 0 Å². The number of carbonyl (C=O) groups excluding carboxylic acids is 1. The van der Waals surface area contributed by atoms with Crippen LogP contribution in [0.2, 0.25) is 0 Å². The number of benzene rings is 3. The van der Waals surface area contributed by atoms with Crippen molar-refractivity contribution in [2.24, 2.45) is 0 Å². The summed E-state index contributed by atoms with van der Waals surface area (Å²) in [4.78, 5) is 14.9. The molecule has 0 aliphatic rings. The number of aromatic amines is 1. The summed E-state index contributed by atoms with van der Waals surface area (Å²) < 4.78 is 75.8. The van der Waals surface area contributed by atoms with Crippen molar-refractivity contribution in [3.63, 3.8) is 0 Å². The molecule has 36 heavy (non-hydrogen) atoms. The van der Waals surface area contributed by atoms with Gasteiger partial charge < -0.3 is 9.72 Å². The zero-order chi connectivity index (χ0) is 26.1. The number of aromatic nitrogens is 1. The van der Waals surface area contributed by atoms with E-state index < -0.39 is 38.5 Å². The van der Waals surface area contributed by atoms with Gasteiger partial charge in [0, 0.05) is 15.7 Å². The van der Waals surface area contributed by atoms with Crippen molar-refractivity contribution in [3.05, 3.63) is 112 Å². The standard InChI is InChI=1S/C26H19BrF3NO4S/c1-35-25(32)21-20(16-10-4-2-5-11-16)22(31-24(21)26(28,29)30)23(18-14-8-9-15-19(18)27)36(33,34)17-12-6-3-7-13-17/h2-15,23,31H,1H3. The summed E-state index contributed by atoms with van der Waals surface area (Å²) in [5, 5.41) is -1.62. The highest BCUT2D eigenvalue weighted by Crippen LogP contribution is 2.47. The van der Waals surface area contributed by atoms with Gasteiger partial charge in [0.1, 0.15) is 10.9 Å². The Hall–Kier alpha value is -3.37. The van der Waals surface area contributed by atoms with Gasteiger partial charge in [0.2, 0.25) is 0 Å². The highest BCUT2D eigenvalue weighted by atomic mass is 79.9. The zero-order valence-electron chi connectivity index (χ0n) is 18.7. The topological polar surface area (TPSA) is 76.2 Å². The lowest BCUT2D eigenvalue weighted by Gasteiger charge is -2.21. The van der Waals surface area contributed by atoms with E-state index in [2.05, 4.69) is 20.9 Å². The summed E-state index contributed by atoms with van der Waals surface area (Å²) >= 11 is 3.36. The molecule has 0 aliphatic carbocycles. The van der Waals surface area contributed by atoms with Gasteiger partial charge in [0.05, 0.1) is 17.6 Å². The quantitative estimate of drug-likeness (QED) is 0.255. The van der Waals surface area contributed by atoms with Crippen molar-refractivity contribution in [2.75, 3.05) is 7.11 Å². The number of esters is 1. The highest BCUT2D eigenvalue weighted by Gasteiger charge is 2.44. The lowest BCUT2D eigenvalue weighted by molar-refractivity contribution is -0.141. The second-order valence-electron chi connectivity index (χ2n) is 7.78. The Kier molecular flexibility index (Phi) is 7.10. The smallest absolute Gasteiger partial charge is 0.432 e. The van der Waals surface area contributed by atoms with E-state index in [-0.39, 0.29) is 27.3 Å². The van der Waals surface area contributed by atoms with Gasteiger partial charge in [0.25, 0.3) is 0 Å². The van der Waals surface area contributed by atoms with Crippen molar-refractivity contribution in [1.29, 1.82) is 0 Å². The van der Waals surface area contributed by atoms with Crippen LogP contribution in [0.1, 0.15) is 32.6 Å². The van der Waals surface area contributed by atoms with E-state index in [1.54, 1.807) is 42.5 Å². The minimum Gasteiger partial charge on any atom is -0.465 e. The number of hydrogen-bond acceptors (Lipinski definition) is 4. The van der Waals surface area contributed by atoms with Crippen LogP contribution in [-0.2, 0) is 20.8 Å². The Labute approximate surface area is 214 Å². The van der Waals surface area contributed by atoms with E-state index in [1.807, 2.05) is 0 Å². The minimum absolute atomic E-state index is 0.0902. The first-order chi connectivity index (χ1) is 17.1. The SMILES string of the molecule is COC(=O)c1c(C(F)(F)F)[nH]c(C(c2ccccc2Br)S(=O)(=O)c2ccccc2)c1-c1ccccc1. The lowest BCUT2D eigenvalue weighted by atomic mass is 9.96. The molecule has 1 N–H and O–H groups in total. The van der Waals surface area contributed by atoms with Crippen LogP contribution in [0.5, 0.6) is 0 Å². The molecule has 1 unspecified atom stereocenters. The molecule has 4 rings (SSSR count). The van der Waals surface area contributed by atoms with Gasteiger partial charge in [-0.3, -0.25) is 0 Å². The molecule has 0 bridgehead atoms. The van der Waals surface area contributed by atoms with Crippen molar-refractivity contribution >= 4 is 31.7 Å². The van der Waals surface area contributed by atoms with Crippen molar-refractivity contribution < 1.29 is 31.1 Å². The van der Waals surface area contributed by atoms with Crippen LogP contribution in [0, 0.1) is 0 Å². The average Bonchev–Trinajstić information content (AvgIpc) is 3.26. The maximum atomic E-state index is 14.2. The molecule has 186 valence electrons. The number of alkyl halides is 3. The highest BCUT2D eigenvalue weighted by molar-refractivity contribution is 9.10. The molecule has 1 heterocycles. The molecule has 0 spiro atoms. The number of halogens is 4. The Morgan fingerprint density at radius 1 is 0.917 bits per heavy atom. The molecule has 0 saturated carbocycles. The number of rotatable bonds is 6. The molecule has 0 aliphatic heterocycles. The number of sulfone groups is 1. The van der Waals surface area contributed by atoms with E-state index in [0.29, 0.717) is 4.47 Å². The molecule has 0 saturated heterocycles. The number of ether oxygens (including phenoxy) is 1. The molecule has 1 atom stereocenters. The molecule has 3 aromatic carbocycles. The minimum atomic E-state index is -5.00. The number of hydrogen-bond donors (Lipinski definition) is 1. The number of carbonyl (C=O) groups is 1. The normalized spacial score (nSPS) is 12.8. The van der Waals surface area contributed by atoms with Crippen LogP contribution in [0.4, 0.5) is 13.2 Å². The largest absolute Gasteiger partial charge is 0.465 e. The van der Waals surface area contributed by atoms with Gasteiger partial charge in [0.15, 0.2) is 9.84 Å². The monoisotopic (exact) mass is 577 g/mol. The van der Waals surface area contributed by atoms with Crippen LogP contribution in [0.15, 0.2) is 94.3 Å². The van der Waals surface area contributed by atoms with Gasteiger partial charge in [-0.2, -0.15) is 13.2 Å². The third-order valence-corrected chi connectivity index (χ3v) is 8.36. The second kappa shape index (κ2) is 9.94. The molecule has 5 nitrogen and oxygen atoms in total. The van der Waals surface area contributed by atoms with Crippen LogP contribution in [0.25, 0.3) is 11.1 Å². The number of H-pyrrole nitrogens is 1. The third-order valence-electron chi connectivity index (χ3n) is 5.60. The Morgan fingerprint density at radius 3 is 2.03 bits per heavy atom. The van der Waals surface area contributed by atoms with Gasteiger partial charge >= 0.3 is 12.1 Å². The first kappa shape index (κ1) is 25.7. The number of nitrogens with one attached hydrogen (secondary N) is 1. The fourth-order valence-electron chi connectivity index (χ4n) is 4.05. The Bertz CT molecular complexity index is 1500. The Balaban J connectivity index is 2.17. The predicted molar refractivity (Wildman–Crippen MR) is 132 cm³/mol. The van der Waals surface area contributed by atoms with Crippen LogP contribution in [0.3, 0.4) is 0 Å². The molecule has 10 heteroatoms. The summed E-state index contributed by atoms with van der Waals surface area (Å²) in [6, 6.07) is 21.6. The van der Waals surface area contributed by atoms with Crippen LogP contribution < -0.4 is 0 Å². The van der Waals surface area contributed by atoms with E-state index in [4.69, 9.17) is 4.74 Å². The van der Waals surface area contributed by atoms with Crippen molar-refractivity contribution in [2.45, 2.75) is 16.3 Å².